The quantitative estimate of drug-likeness (QED) is 0.842. The number of amides is 2. The van der Waals surface area contributed by atoms with Crippen LogP contribution in [-0.2, 0) is 16.0 Å². The van der Waals surface area contributed by atoms with Crippen molar-refractivity contribution < 1.29 is 9.59 Å². The number of piperidine rings is 1. The predicted octanol–water partition coefficient (Wildman–Crippen LogP) is 1.89. The van der Waals surface area contributed by atoms with Crippen LogP contribution in [0.3, 0.4) is 0 Å². The lowest BCUT2D eigenvalue weighted by atomic mass is 10.0. The van der Waals surface area contributed by atoms with Crippen molar-refractivity contribution in [1.82, 2.24) is 15.8 Å². The number of rotatable bonds is 6. The number of benzene rings is 1. The molecule has 2 rings (SSSR count). The average Bonchev–Trinajstić information content (AvgIpc) is 2.54. The third-order valence-electron chi connectivity index (χ3n) is 4.10. The summed E-state index contributed by atoms with van der Waals surface area (Å²) in [6.45, 7) is 5.66. The minimum absolute atomic E-state index is 0.0412. The third-order valence-corrected chi connectivity index (χ3v) is 4.10. The Hall–Kier alpha value is -1.88. The van der Waals surface area contributed by atoms with Gasteiger partial charge in [0.2, 0.25) is 5.91 Å². The number of carbonyl (C=O) groups excluding carboxylic acids is 2. The molecule has 0 aliphatic carbocycles. The average molecular weight is 317 g/mol. The zero-order valence-corrected chi connectivity index (χ0v) is 14.0. The molecule has 0 unspecified atom stereocenters. The summed E-state index contributed by atoms with van der Waals surface area (Å²) >= 11 is 0. The smallest absolute Gasteiger partial charge is 0.257 e. The van der Waals surface area contributed by atoms with E-state index in [4.69, 9.17) is 0 Å². The Kier molecular flexibility index (Phi) is 6.59. The van der Waals surface area contributed by atoms with E-state index in [1.54, 1.807) is 0 Å². The van der Waals surface area contributed by atoms with Gasteiger partial charge in [0, 0.05) is 13.1 Å². The molecular formula is C18H27N3O2. The van der Waals surface area contributed by atoms with Crippen LogP contribution in [0.1, 0.15) is 38.7 Å². The molecule has 0 radical (unpaired) electrons. The van der Waals surface area contributed by atoms with Crippen LogP contribution in [0.4, 0.5) is 0 Å². The van der Waals surface area contributed by atoms with E-state index in [2.05, 4.69) is 10.7 Å². The molecule has 0 bridgehead atoms. The summed E-state index contributed by atoms with van der Waals surface area (Å²) < 4.78 is 0. The van der Waals surface area contributed by atoms with Crippen LogP contribution in [0.5, 0.6) is 0 Å². The van der Waals surface area contributed by atoms with Gasteiger partial charge in [-0.3, -0.25) is 15.0 Å². The predicted molar refractivity (Wildman–Crippen MR) is 90.5 cm³/mol. The van der Waals surface area contributed by atoms with Crippen molar-refractivity contribution in [2.24, 2.45) is 5.92 Å². The Labute approximate surface area is 138 Å². The summed E-state index contributed by atoms with van der Waals surface area (Å²) in [7, 11) is 0. The molecule has 5 heteroatoms. The molecule has 1 aliphatic rings. The van der Waals surface area contributed by atoms with E-state index in [0.717, 1.165) is 31.5 Å². The summed E-state index contributed by atoms with van der Waals surface area (Å²) in [5.74, 6) is -0.202. The van der Waals surface area contributed by atoms with Gasteiger partial charge in [-0.05, 0) is 24.3 Å². The molecule has 2 amide bonds. The van der Waals surface area contributed by atoms with E-state index in [1.807, 2.05) is 49.2 Å². The molecule has 1 aliphatic heterocycles. The second-order valence-corrected chi connectivity index (χ2v) is 6.48. The normalized spacial score (nSPS) is 16.8. The van der Waals surface area contributed by atoms with Crippen molar-refractivity contribution in [1.29, 1.82) is 0 Å². The Balaban J connectivity index is 1.89. The molecule has 1 aromatic rings. The van der Waals surface area contributed by atoms with Crippen LogP contribution in [0.25, 0.3) is 0 Å². The molecule has 1 fully saturated rings. The topological polar surface area (TPSA) is 61.4 Å². The van der Waals surface area contributed by atoms with Crippen molar-refractivity contribution in [3.63, 3.8) is 0 Å². The lowest BCUT2D eigenvalue weighted by Crippen LogP contribution is -2.55. The van der Waals surface area contributed by atoms with Gasteiger partial charge >= 0.3 is 0 Å². The highest BCUT2D eigenvalue weighted by molar-refractivity contribution is 5.88. The van der Waals surface area contributed by atoms with Gasteiger partial charge in [-0.15, -0.1) is 0 Å². The Morgan fingerprint density at radius 2 is 1.74 bits per heavy atom. The van der Waals surface area contributed by atoms with Crippen LogP contribution in [0, 0.1) is 5.92 Å². The van der Waals surface area contributed by atoms with Crippen LogP contribution in [0.2, 0.25) is 0 Å². The van der Waals surface area contributed by atoms with Gasteiger partial charge in [-0.1, -0.05) is 50.6 Å². The van der Waals surface area contributed by atoms with Gasteiger partial charge in [0.15, 0.2) is 0 Å². The van der Waals surface area contributed by atoms with E-state index in [0.29, 0.717) is 6.42 Å². The lowest BCUT2D eigenvalue weighted by molar-refractivity contribution is -0.133. The van der Waals surface area contributed by atoms with Gasteiger partial charge in [-0.2, -0.15) is 0 Å². The summed E-state index contributed by atoms with van der Waals surface area (Å²) in [5.41, 5.74) is 3.90. The van der Waals surface area contributed by atoms with E-state index in [1.165, 1.54) is 6.42 Å². The molecule has 1 saturated heterocycles. The fourth-order valence-corrected chi connectivity index (χ4v) is 2.77. The highest BCUT2D eigenvalue weighted by Crippen LogP contribution is 2.08. The fraction of sp³-hybridized carbons (Fsp3) is 0.556. The Morgan fingerprint density at radius 3 is 2.35 bits per heavy atom. The third kappa shape index (κ3) is 5.67. The van der Waals surface area contributed by atoms with Crippen molar-refractivity contribution in [2.75, 3.05) is 13.1 Å². The molecule has 1 aromatic carbocycles. The highest BCUT2D eigenvalue weighted by Gasteiger charge is 2.26. The van der Waals surface area contributed by atoms with E-state index < -0.39 is 6.04 Å². The zero-order valence-electron chi connectivity index (χ0n) is 14.0. The number of hydrogen-bond acceptors (Lipinski definition) is 3. The number of nitrogens with zero attached hydrogens (tertiary/aromatic N) is 1. The second kappa shape index (κ2) is 8.67. The number of carbonyl (C=O) groups is 2. The van der Waals surface area contributed by atoms with Crippen molar-refractivity contribution in [3.05, 3.63) is 35.9 Å². The molecule has 1 heterocycles. The molecule has 1 atom stereocenters. The van der Waals surface area contributed by atoms with Gasteiger partial charge < -0.3 is 5.32 Å². The van der Waals surface area contributed by atoms with Crippen LogP contribution >= 0.6 is 0 Å². The zero-order chi connectivity index (χ0) is 16.7. The van der Waals surface area contributed by atoms with Crippen molar-refractivity contribution >= 4 is 11.8 Å². The monoisotopic (exact) mass is 317 g/mol. The lowest BCUT2D eigenvalue weighted by Gasteiger charge is -2.30. The Morgan fingerprint density at radius 1 is 1.09 bits per heavy atom. The minimum Gasteiger partial charge on any atom is -0.344 e. The van der Waals surface area contributed by atoms with Crippen LogP contribution in [0.15, 0.2) is 30.3 Å². The van der Waals surface area contributed by atoms with Gasteiger partial charge in [0.1, 0.15) is 6.04 Å². The van der Waals surface area contributed by atoms with Crippen LogP contribution < -0.4 is 10.7 Å². The number of hydrogen-bond donors (Lipinski definition) is 2. The fourth-order valence-electron chi connectivity index (χ4n) is 2.77. The molecule has 0 spiro atoms. The SMILES string of the molecule is CC(C)[C@H](NC(=O)Cc1ccccc1)C(=O)NN1CCCCC1. The maximum absolute atomic E-state index is 12.5. The number of hydrazine groups is 1. The van der Waals surface area contributed by atoms with Crippen LogP contribution in [-0.4, -0.2) is 36.0 Å². The standard InChI is InChI=1S/C18H27N3O2/c1-14(2)17(18(23)20-21-11-7-4-8-12-21)19-16(22)13-15-9-5-3-6-10-15/h3,5-6,9-10,14,17H,4,7-8,11-13H2,1-2H3,(H,19,22)(H,20,23)/t17-/m0/s1. The highest BCUT2D eigenvalue weighted by atomic mass is 16.2. The van der Waals surface area contributed by atoms with E-state index in [-0.39, 0.29) is 17.7 Å². The summed E-state index contributed by atoms with van der Waals surface area (Å²) in [6.07, 6.45) is 3.72. The largest absolute Gasteiger partial charge is 0.344 e. The summed E-state index contributed by atoms with van der Waals surface area (Å²) in [5, 5.41) is 4.84. The molecular weight excluding hydrogens is 290 g/mol. The van der Waals surface area contributed by atoms with Crippen molar-refractivity contribution in [3.8, 4) is 0 Å². The van der Waals surface area contributed by atoms with E-state index in [9.17, 15) is 9.59 Å². The first-order valence-corrected chi connectivity index (χ1v) is 8.45. The number of nitrogens with one attached hydrogen (secondary N) is 2. The van der Waals surface area contributed by atoms with Gasteiger partial charge in [0.05, 0.1) is 6.42 Å². The first-order chi connectivity index (χ1) is 11.1. The molecule has 23 heavy (non-hydrogen) atoms. The van der Waals surface area contributed by atoms with Gasteiger partial charge in [-0.25, -0.2) is 5.01 Å². The summed E-state index contributed by atoms with van der Waals surface area (Å²) in [4.78, 5) is 24.7. The second-order valence-electron chi connectivity index (χ2n) is 6.48. The molecule has 2 N–H and O–H groups in total. The maximum atomic E-state index is 12.5. The maximum Gasteiger partial charge on any atom is 0.257 e. The van der Waals surface area contributed by atoms with Crippen molar-refractivity contribution in [2.45, 2.75) is 45.6 Å². The first-order valence-electron chi connectivity index (χ1n) is 8.45. The van der Waals surface area contributed by atoms with Gasteiger partial charge in [0.25, 0.3) is 5.91 Å². The minimum atomic E-state index is -0.506. The Bertz CT molecular complexity index is 510. The molecule has 5 nitrogen and oxygen atoms in total. The first kappa shape index (κ1) is 17.5. The molecule has 126 valence electrons. The molecule has 0 aromatic heterocycles. The van der Waals surface area contributed by atoms with E-state index >= 15 is 0 Å². The molecule has 0 saturated carbocycles. The summed E-state index contributed by atoms with van der Waals surface area (Å²) in [6, 6.07) is 9.06.